The van der Waals surface area contributed by atoms with Crippen molar-refractivity contribution >= 4 is 18.3 Å². The quantitative estimate of drug-likeness (QED) is 0.336. The molecule has 0 heterocycles. The molecule has 0 radical (unpaired) electrons. The van der Waals surface area contributed by atoms with E-state index in [1.807, 2.05) is 12.1 Å². The summed E-state index contributed by atoms with van der Waals surface area (Å²) in [6.07, 6.45) is 4.12. The number of rotatable bonds is 8. The minimum atomic E-state index is 0. The van der Waals surface area contributed by atoms with Crippen LogP contribution in [0.3, 0.4) is 0 Å². The second-order valence-electron chi connectivity index (χ2n) is 4.41. The third-order valence-corrected chi connectivity index (χ3v) is 2.93. The summed E-state index contributed by atoms with van der Waals surface area (Å²) in [5, 5.41) is 7.84. The number of hydrogen-bond donors (Lipinski definition) is 1. The predicted octanol–water partition coefficient (Wildman–Crippen LogP) is 4.36. The highest BCUT2D eigenvalue weighted by Crippen LogP contribution is 2.15. The van der Waals surface area contributed by atoms with E-state index in [0.717, 1.165) is 25.7 Å². The first kappa shape index (κ1) is 18.7. The molecule has 114 valence electrons. The maximum atomic E-state index is 7.84. The van der Waals surface area contributed by atoms with Crippen molar-refractivity contribution in [1.82, 2.24) is 0 Å². The van der Waals surface area contributed by atoms with E-state index >= 15 is 0 Å². The molecule has 1 unspecified atom stereocenters. The van der Waals surface area contributed by atoms with E-state index < -0.39 is 0 Å². The number of nitrogens with one attached hydrogen (secondary N) is 1. The van der Waals surface area contributed by atoms with Crippen molar-refractivity contribution in [3.63, 3.8) is 0 Å². The van der Waals surface area contributed by atoms with Gasteiger partial charge in [-0.25, -0.2) is 0 Å². The summed E-state index contributed by atoms with van der Waals surface area (Å²) in [5.74, 6) is 0.706. The normalized spacial score (nSPS) is 11.3. The largest absolute Gasteiger partial charge is 0.497 e. The van der Waals surface area contributed by atoms with Gasteiger partial charge >= 0.3 is 0 Å². The van der Waals surface area contributed by atoms with Crippen molar-refractivity contribution < 1.29 is 14.5 Å². The van der Waals surface area contributed by atoms with Crippen LogP contribution in [0, 0.1) is 5.41 Å². The summed E-state index contributed by atoms with van der Waals surface area (Å²) in [4.78, 5) is 10.4. The molecule has 0 bridgehead atoms. The summed E-state index contributed by atoms with van der Waals surface area (Å²) in [6, 6.07) is 7.19. The van der Waals surface area contributed by atoms with Gasteiger partial charge in [0.1, 0.15) is 11.9 Å². The van der Waals surface area contributed by atoms with E-state index in [4.69, 9.17) is 19.9 Å². The average molecular weight is 302 g/mol. The zero-order valence-corrected chi connectivity index (χ0v) is 13.2. The predicted molar refractivity (Wildman–Crippen MR) is 82.8 cm³/mol. The maximum absolute atomic E-state index is 7.84. The maximum Gasteiger partial charge on any atom is 0.256 e. The van der Waals surface area contributed by atoms with Crippen LogP contribution in [-0.2, 0) is 9.78 Å². The zero-order chi connectivity index (χ0) is 14.1. The fourth-order valence-corrected chi connectivity index (χ4v) is 1.68. The third-order valence-electron chi connectivity index (χ3n) is 2.93. The molecule has 5 heteroatoms. The molecule has 0 aliphatic rings. The Bertz CT molecular complexity index is 398. The van der Waals surface area contributed by atoms with E-state index in [2.05, 4.69) is 13.8 Å². The smallest absolute Gasteiger partial charge is 0.256 e. The molecular weight excluding hydrogens is 278 g/mol. The SMILES string of the molecule is CCCCC(CC)OOC(=N)c1cccc(OC)c1.Cl. The lowest BCUT2D eigenvalue weighted by atomic mass is 10.1. The van der Waals surface area contributed by atoms with Gasteiger partial charge < -0.3 is 9.62 Å². The summed E-state index contributed by atoms with van der Waals surface area (Å²) in [5.41, 5.74) is 0.643. The molecule has 1 aromatic rings. The highest BCUT2D eigenvalue weighted by molar-refractivity contribution is 5.91. The van der Waals surface area contributed by atoms with Crippen LogP contribution in [-0.4, -0.2) is 19.1 Å². The van der Waals surface area contributed by atoms with Crippen LogP contribution < -0.4 is 4.74 Å². The molecule has 1 rings (SSSR count). The molecule has 1 atom stereocenters. The van der Waals surface area contributed by atoms with E-state index in [9.17, 15) is 0 Å². The van der Waals surface area contributed by atoms with Crippen molar-refractivity contribution in [2.45, 2.75) is 45.6 Å². The van der Waals surface area contributed by atoms with Gasteiger partial charge in [-0.3, -0.25) is 5.41 Å². The molecule has 4 nitrogen and oxygen atoms in total. The molecule has 0 amide bonds. The molecular formula is C15H24ClNO3. The summed E-state index contributed by atoms with van der Waals surface area (Å²) < 4.78 is 5.11. The molecule has 0 spiro atoms. The highest BCUT2D eigenvalue weighted by Gasteiger charge is 2.11. The van der Waals surface area contributed by atoms with Gasteiger partial charge in [-0.15, -0.1) is 12.4 Å². The molecule has 0 aliphatic heterocycles. The zero-order valence-electron chi connectivity index (χ0n) is 12.3. The lowest BCUT2D eigenvalue weighted by Gasteiger charge is -2.15. The van der Waals surface area contributed by atoms with E-state index in [1.165, 1.54) is 0 Å². The van der Waals surface area contributed by atoms with Crippen molar-refractivity contribution in [3.05, 3.63) is 29.8 Å². The number of halogens is 1. The van der Waals surface area contributed by atoms with Crippen molar-refractivity contribution in [2.24, 2.45) is 0 Å². The van der Waals surface area contributed by atoms with Gasteiger partial charge in [-0.05, 0) is 31.0 Å². The van der Waals surface area contributed by atoms with Gasteiger partial charge in [0, 0.05) is 5.56 Å². The van der Waals surface area contributed by atoms with Crippen LogP contribution in [0.15, 0.2) is 24.3 Å². The van der Waals surface area contributed by atoms with Gasteiger partial charge in [-0.1, -0.05) is 32.8 Å². The average Bonchev–Trinajstić information content (AvgIpc) is 2.47. The van der Waals surface area contributed by atoms with Crippen LogP contribution in [0.25, 0.3) is 0 Å². The number of benzene rings is 1. The monoisotopic (exact) mass is 301 g/mol. The molecule has 0 fully saturated rings. The number of hydrogen-bond acceptors (Lipinski definition) is 4. The third kappa shape index (κ3) is 6.26. The Hall–Kier alpha value is -1.26. The molecule has 0 saturated carbocycles. The van der Waals surface area contributed by atoms with Crippen LogP contribution >= 0.6 is 12.4 Å². The standard InChI is InChI=1S/C15H23NO3.ClH/c1-4-6-9-13(5-2)18-19-15(16)12-8-7-10-14(11-12)17-3;/h7-8,10-11,13,16H,4-6,9H2,1-3H3;1H. The number of ether oxygens (including phenoxy) is 1. The lowest BCUT2D eigenvalue weighted by Crippen LogP contribution is -2.16. The van der Waals surface area contributed by atoms with Gasteiger partial charge in [0.15, 0.2) is 0 Å². The topological polar surface area (TPSA) is 51.5 Å². The first-order valence-electron chi connectivity index (χ1n) is 6.77. The Kier molecular flexibility index (Phi) is 9.86. The highest BCUT2D eigenvalue weighted by atomic mass is 35.5. The van der Waals surface area contributed by atoms with E-state index in [1.54, 1.807) is 19.2 Å². The van der Waals surface area contributed by atoms with Crippen molar-refractivity contribution in [1.29, 1.82) is 5.41 Å². The van der Waals surface area contributed by atoms with Gasteiger partial charge in [0.2, 0.25) is 0 Å². The fourth-order valence-electron chi connectivity index (χ4n) is 1.68. The van der Waals surface area contributed by atoms with Gasteiger partial charge in [0.05, 0.1) is 7.11 Å². The Morgan fingerprint density at radius 1 is 1.30 bits per heavy atom. The second-order valence-corrected chi connectivity index (χ2v) is 4.41. The van der Waals surface area contributed by atoms with E-state index in [0.29, 0.717) is 11.3 Å². The summed E-state index contributed by atoms with van der Waals surface area (Å²) in [7, 11) is 1.60. The van der Waals surface area contributed by atoms with Crippen LogP contribution in [0.1, 0.15) is 45.1 Å². The number of unbranched alkanes of at least 4 members (excludes halogenated alkanes) is 1. The summed E-state index contributed by atoms with van der Waals surface area (Å²) in [6.45, 7) is 4.20. The van der Waals surface area contributed by atoms with Crippen molar-refractivity contribution in [2.75, 3.05) is 7.11 Å². The summed E-state index contributed by atoms with van der Waals surface area (Å²) >= 11 is 0. The molecule has 0 aromatic heterocycles. The fraction of sp³-hybridized carbons (Fsp3) is 0.533. The molecule has 0 saturated heterocycles. The van der Waals surface area contributed by atoms with Crippen LogP contribution in [0.4, 0.5) is 0 Å². The first-order valence-corrected chi connectivity index (χ1v) is 6.77. The Morgan fingerprint density at radius 3 is 2.65 bits per heavy atom. The van der Waals surface area contributed by atoms with Crippen molar-refractivity contribution in [3.8, 4) is 5.75 Å². The minimum absolute atomic E-state index is 0. The minimum Gasteiger partial charge on any atom is -0.497 e. The van der Waals surface area contributed by atoms with Gasteiger partial charge in [-0.2, -0.15) is 4.89 Å². The molecule has 0 aliphatic carbocycles. The van der Waals surface area contributed by atoms with E-state index in [-0.39, 0.29) is 24.4 Å². The Morgan fingerprint density at radius 2 is 2.05 bits per heavy atom. The second kappa shape index (κ2) is 10.5. The van der Waals surface area contributed by atoms with Gasteiger partial charge in [0.25, 0.3) is 5.90 Å². The molecule has 20 heavy (non-hydrogen) atoms. The van der Waals surface area contributed by atoms with Crippen LogP contribution in [0.2, 0.25) is 0 Å². The lowest BCUT2D eigenvalue weighted by molar-refractivity contribution is -0.261. The Labute approximate surface area is 127 Å². The van der Waals surface area contributed by atoms with Crippen LogP contribution in [0.5, 0.6) is 5.75 Å². The first-order chi connectivity index (χ1) is 9.21. The molecule has 1 N–H and O–H groups in total. The molecule has 1 aromatic carbocycles. The number of methoxy groups -OCH3 is 1. The Balaban J connectivity index is 0.00000361.